The number of hydrogen-bond acceptors (Lipinski definition) is 6. The molecule has 3 heterocycles. The van der Waals surface area contributed by atoms with Crippen LogP contribution < -0.4 is 5.32 Å². The molecule has 1 aromatic carbocycles. The summed E-state index contributed by atoms with van der Waals surface area (Å²) in [6.45, 7) is 0.0805. The van der Waals surface area contributed by atoms with E-state index in [1.54, 1.807) is 6.07 Å². The van der Waals surface area contributed by atoms with Gasteiger partial charge in [0, 0.05) is 12.0 Å². The van der Waals surface area contributed by atoms with Crippen LogP contribution in [0.3, 0.4) is 0 Å². The molecule has 5 rings (SSSR count). The Bertz CT molecular complexity index is 1180. The van der Waals surface area contributed by atoms with E-state index >= 15 is 0 Å². The fourth-order valence-electron chi connectivity index (χ4n) is 4.94. The first-order valence-electron chi connectivity index (χ1n) is 11.0. The fourth-order valence-corrected chi connectivity index (χ4v) is 4.94. The largest absolute Gasteiger partial charge is 0.391 e. The molecule has 7 nitrogen and oxygen atoms in total. The molecule has 2 aromatic rings. The van der Waals surface area contributed by atoms with E-state index in [0.717, 1.165) is 12.8 Å². The number of terminal acetylenes is 1. The molecule has 2 fully saturated rings. The zero-order chi connectivity index (χ0) is 23.1. The van der Waals surface area contributed by atoms with E-state index in [0.29, 0.717) is 34.6 Å². The van der Waals surface area contributed by atoms with Crippen molar-refractivity contribution in [1.82, 2.24) is 14.9 Å². The van der Waals surface area contributed by atoms with Gasteiger partial charge in [0.15, 0.2) is 0 Å². The third-order valence-electron chi connectivity index (χ3n) is 6.54. The number of anilines is 1. The van der Waals surface area contributed by atoms with Crippen LogP contribution in [0.4, 0.5) is 14.6 Å². The number of aliphatic imine (C=N–C) groups is 1. The normalized spacial score (nSPS) is 26.1. The number of carbonyl (C=O) groups excluding carboxylic acids is 1. The van der Waals surface area contributed by atoms with Crippen LogP contribution in [0.5, 0.6) is 0 Å². The number of amides is 1. The molecule has 33 heavy (non-hydrogen) atoms. The Morgan fingerprint density at radius 3 is 2.88 bits per heavy atom. The lowest BCUT2D eigenvalue weighted by molar-refractivity contribution is -0.125. The molecule has 1 saturated carbocycles. The zero-order valence-electron chi connectivity index (χ0n) is 17.8. The Labute approximate surface area is 190 Å². The van der Waals surface area contributed by atoms with Gasteiger partial charge in [0.2, 0.25) is 0 Å². The maximum absolute atomic E-state index is 14.5. The van der Waals surface area contributed by atoms with Crippen molar-refractivity contribution >= 4 is 17.4 Å². The minimum atomic E-state index is -1.25. The number of fused-ring (bicyclic) bond motifs is 1. The maximum Gasteiger partial charge on any atom is 0.273 e. The summed E-state index contributed by atoms with van der Waals surface area (Å²) in [4.78, 5) is 27.9. The van der Waals surface area contributed by atoms with Crippen LogP contribution in [-0.2, 0) is 11.3 Å². The first kappa shape index (κ1) is 21.5. The van der Waals surface area contributed by atoms with Crippen molar-refractivity contribution in [1.29, 1.82) is 0 Å². The lowest BCUT2D eigenvalue weighted by atomic mass is 10.0. The molecule has 1 aliphatic carbocycles. The number of nitrogens with zero attached hydrogens (tertiary/aromatic N) is 4. The van der Waals surface area contributed by atoms with Crippen molar-refractivity contribution in [3.63, 3.8) is 0 Å². The number of nitrogens with one attached hydrogen (secondary N) is 1. The highest BCUT2D eigenvalue weighted by molar-refractivity contribution is 6.47. The van der Waals surface area contributed by atoms with Gasteiger partial charge in [-0.25, -0.2) is 18.7 Å². The predicted molar refractivity (Wildman–Crippen MR) is 118 cm³/mol. The van der Waals surface area contributed by atoms with Crippen LogP contribution in [0.2, 0.25) is 0 Å². The highest BCUT2D eigenvalue weighted by Crippen LogP contribution is 2.36. The van der Waals surface area contributed by atoms with Crippen LogP contribution in [0, 0.1) is 18.2 Å². The number of rotatable bonds is 4. The third kappa shape index (κ3) is 3.95. The molecule has 0 radical (unpaired) electrons. The van der Waals surface area contributed by atoms with Gasteiger partial charge in [0.25, 0.3) is 5.91 Å². The van der Waals surface area contributed by atoms with Gasteiger partial charge in [-0.05, 0) is 43.0 Å². The number of hydrogen-bond donors (Lipinski definition) is 2. The Hall–Kier alpha value is -3.38. The van der Waals surface area contributed by atoms with Crippen LogP contribution in [0.25, 0.3) is 0 Å². The average Bonchev–Trinajstić information content (AvgIpc) is 3.52. The van der Waals surface area contributed by atoms with E-state index in [-0.39, 0.29) is 31.3 Å². The summed E-state index contributed by atoms with van der Waals surface area (Å²) in [5, 5.41) is 13.4. The van der Waals surface area contributed by atoms with Gasteiger partial charge in [-0.3, -0.25) is 9.79 Å². The number of aliphatic hydroxyl groups excluding tert-OH is 1. The molecule has 3 aliphatic rings. The first-order chi connectivity index (χ1) is 15.9. The van der Waals surface area contributed by atoms with E-state index in [9.17, 15) is 18.7 Å². The molecule has 4 atom stereocenters. The van der Waals surface area contributed by atoms with Crippen molar-refractivity contribution < 1.29 is 18.7 Å². The Balaban J connectivity index is 1.46. The summed E-state index contributed by atoms with van der Waals surface area (Å²) in [6, 6.07) is 3.27. The van der Waals surface area contributed by atoms with Gasteiger partial charge in [-0.15, -0.1) is 6.42 Å². The van der Waals surface area contributed by atoms with E-state index in [1.165, 1.54) is 23.4 Å². The minimum Gasteiger partial charge on any atom is -0.391 e. The molecule has 0 unspecified atom stereocenters. The molecule has 0 spiro atoms. The molecule has 2 aliphatic heterocycles. The lowest BCUT2D eigenvalue weighted by Crippen LogP contribution is -2.37. The Morgan fingerprint density at radius 1 is 1.27 bits per heavy atom. The average molecular weight is 451 g/mol. The second-order valence-corrected chi connectivity index (χ2v) is 8.68. The number of alkyl halides is 1. The van der Waals surface area contributed by atoms with E-state index in [4.69, 9.17) is 6.42 Å². The third-order valence-corrected chi connectivity index (χ3v) is 6.54. The molecule has 0 bridgehead atoms. The number of aliphatic hydroxyl groups is 1. The lowest BCUT2D eigenvalue weighted by Gasteiger charge is -2.26. The molecule has 1 saturated heterocycles. The van der Waals surface area contributed by atoms with Crippen molar-refractivity contribution in [3.05, 3.63) is 52.7 Å². The Kier molecular flexibility index (Phi) is 5.54. The molecule has 2 N–H and O–H groups in total. The number of aromatic nitrogens is 2. The summed E-state index contributed by atoms with van der Waals surface area (Å²) >= 11 is 0. The second kappa shape index (κ2) is 8.52. The maximum atomic E-state index is 14.5. The smallest absolute Gasteiger partial charge is 0.273 e. The molecule has 1 aromatic heterocycles. The monoisotopic (exact) mass is 451 g/mol. The van der Waals surface area contributed by atoms with Gasteiger partial charge in [-0.1, -0.05) is 5.92 Å². The molecule has 170 valence electrons. The van der Waals surface area contributed by atoms with Gasteiger partial charge in [-0.2, -0.15) is 0 Å². The predicted octanol–water partition coefficient (Wildman–Crippen LogP) is 2.54. The molecular formula is C24H23F2N5O2. The second-order valence-electron chi connectivity index (χ2n) is 8.68. The van der Waals surface area contributed by atoms with Crippen molar-refractivity contribution in [3.8, 4) is 12.3 Å². The van der Waals surface area contributed by atoms with Crippen molar-refractivity contribution in [2.24, 2.45) is 4.99 Å². The summed E-state index contributed by atoms with van der Waals surface area (Å²) in [5.74, 6) is 1.83. The quantitative estimate of drug-likeness (QED) is 0.698. The van der Waals surface area contributed by atoms with E-state index in [1.807, 2.05) is 0 Å². The van der Waals surface area contributed by atoms with Crippen LogP contribution in [0.15, 0.2) is 29.5 Å². The zero-order valence-corrected chi connectivity index (χ0v) is 17.8. The number of halogens is 2. The molecular weight excluding hydrogens is 428 g/mol. The van der Waals surface area contributed by atoms with E-state index < -0.39 is 30.0 Å². The minimum absolute atomic E-state index is 0.0456. The van der Waals surface area contributed by atoms with Gasteiger partial charge >= 0.3 is 0 Å². The molecule has 9 heteroatoms. The highest BCUT2D eigenvalue weighted by atomic mass is 19.1. The van der Waals surface area contributed by atoms with Gasteiger partial charge < -0.3 is 15.3 Å². The molecule has 1 amide bonds. The summed E-state index contributed by atoms with van der Waals surface area (Å²) in [7, 11) is 0. The first-order valence-corrected chi connectivity index (χ1v) is 11.0. The van der Waals surface area contributed by atoms with Crippen LogP contribution in [0.1, 0.15) is 54.1 Å². The summed E-state index contributed by atoms with van der Waals surface area (Å²) in [6.07, 6.45) is 7.50. The highest BCUT2D eigenvalue weighted by Gasteiger charge is 2.41. The summed E-state index contributed by atoms with van der Waals surface area (Å²) < 4.78 is 28.6. The topological polar surface area (TPSA) is 90.7 Å². The van der Waals surface area contributed by atoms with Gasteiger partial charge in [0.05, 0.1) is 42.5 Å². The van der Waals surface area contributed by atoms with Crippen molar-refractivity contribution in [2.45, 2.75) is 56.6 Å². The summed E-state index contributed by atoms with van der Waals surface area (Å²) in [5.41, 5.74) is 2.00. The van der Waals surface area contributed by atoms with E-state index in [2.05, 4.69) is 26.2 Å². The Morgan fingerprint density at radius 2 is 2.12 bits per heavy atom. The van der Waals surface area contributed by atoms with Crippen LogP contribution >= 0.6 is 0 Å². The number of carbonyl (C=O) groups is 1. The standard InChI is InChI=1S/C24H23F2N5O2/c1-2-13-6-14(8-15(25)7-13)19-9-16(26)11-31(19)24(33)22-21-18(10-27-22)28-12-29-23(21)30-17-4-3-5-20(17)32/h1,6-8,12,16-17,19-20,32H,3-5,9-11H2,(H,28,29,30)/t16-,17+,19+,20+/m0/s1. The SMILES string of the molecule is C#Cc1cc(F)cc([C@H]2C[C@H](F)CN2C(=O)C2=NCc3ncnc(N[C@@H]4CCC[C@H]4O)c32)c1. The number of likely N-dealkylation sites (tertiary alicyclic amines) is 1. The number of benzene rings is 1. The van der Waals surface area contributed by atoms with Gasteiger partial charge in [0.1, 0.15) is 29.8 Å². The van der Waals surface area contributed by atoms with Crippen molar-refractivity contribution in [2.75, 3.05) is 11.9 Å². The van der Waals surface area contributed by atoms with Crippen LogP contribution in [-0.4, -0.2) is 56.5 Å². The fraction of sp³-hybridized carbons (Fsp3) is 0.417.